The number of nitrogens with two attached hydrogens (primary N) is 1. The number of nitriles is 1. The monoisotopic (exact) mass is 268 g/mol. The highest BCUT2D eigenvalue weighted by atomic mass is 16.5. The van der Waals surface area contributed by atoms with E-state index in [1.807, 2.05) is 19.1 Å². The summed E-state index contributed by atoms with van der Waals surface area (Å²) in [6.45, 7) is 2.24. The highest BCUT2D eigenvalue weighted by Crippen LogP contribution is 2.28. The van der Waals surface area contributed by atoms with Gasteiger partial charge in [-0.3, -0.25) is 0 Å². The van der Waals surface area contributed by atoms with Gasteiger partial charge in [-0.05, 0) is 36.8 Å². The molecule has 0 atom stereocenters. The lowest BCUT2D eigenvalue weighted by Crippen LogP contribution is -2.02. The van der Waals surface area contributed by atoms with E-state index in [0.29, 0.717) is 29.4 Å². The number of para-hydroxylation sites is 1. The van der Waals surface area contributed by atoms with Crippen LogP contribution in [0.4, 0.5) is 5.69 Å². The summed E-state index contributed by atoms with van der Waals surface area (Å²) >= 11 is 0. The Morgan fingerprint density at radius 3 is 2.70 bits per heavy atom. The molecule has 2 rings (SSSR count). The zero-order valence-electron chi connectivity index (χ0n) is 11.5. The topological polar surface area (TPSA) is 68.3 Å². The molecule has 0 fully saturated rings. The van der Waals surface area contributed by atoms with E-state index in [1.54, 1.807) is 31.4 Å². The minimum atomic E-state index is 0.299. The van der Waals surface area contributed by atoms with Crippen LogP contribution in [-0.2, 0) is 6.61 Å². The molecule has 0 saturated heterocycles. The Morgan fingerprint density at radius 2 is 2.05 bits per heavy atom. The summed E-state index contributed by atoms with van der Waals surface area (Å²) in [6.07, 6.45) is 0. The number of anilines is 1. The molecule has 2 aromatic rings. The maximum atomic E-state index is 8.95. The van der Waals surface area contributed by atoms with E-state index in [-0.39, 0.29) is 0 Å². The summed E-state index contributed by atoms with van der Waals surface area (Å²) in [5.41, 5.74) is 8.86. The zero-order chi connectivity index (χ0) is 14.5. The van der Waals surface area contributed by atoms with Crippen LogP contribution in [0.2, 0.25) is 0 Å². The van der Waals surface area contributed by atoms with Gasteiger partial charge in [-0.15, -0.1) is 0 Å². The Morgan fingerprint density at radius 1 is 1.25 bits per heavy atom. The third kappa shape index (κ3) is 2.83. The Labute approximate surface area is 118 Å². The Kier molecular flexibility index (Phi) is 4.11. The molecular weight excluding hydrogens is 252 g/mol. The van der Waals surface area contributed by atoms with Crippen molar-refractivity contribution in [3.63, 3.8) is 0 Å². The van der Waals surface area contributed by atoms with Gasteiger partial charge in [0.1, 0.15) is 18.1 Å². The Balaban J connectivity index is 2.25. The molecule has 102 valence electrons. The van der Waals surface area contributed by atoms with Crippen LogP contribution in [0.3, 0.4) is 0 Å². The van der Waals surface area contributed by atoms with Gasteiger partial charge in [0, 0.05) is 5.56 Å². The van der Waals surface area contributed by atoms with Crippen LogP contribution < -0.4 is 15.2 Å². The average Bonchev–Trinajstić information content (AvgIpc) is 2.46. The predicted octanol–water partition coefficient (Wildman–Crippen LogP) is 3.04. The van der Waals surface area contributed by atoms with Crippen LogP contribution in [0, 0.1) is 18.3 Å². The van der Waals surface area contributed by atoms with Crippen LogP contribution in [0.1, 0.15) is 16.7 Å². The molecule has 0 heterocycles. The summed E-state index contributed by atoms with van der Waals surface area (Å²) in [7, 11) is 1.59. The maximum Gasteiger partial charge on any atom is 0.145 e. The predicted molar refractivity (Wildman–Crippen MR) is 77.6 cm³/mol. The SMILES string of the molecule is COc1ccc(C#N)cc1COc1c(C)cccc1N. The molecule has 0 aliphatic heterocycles. The Bertz CT molecular complexity index is 640. The molecule has 0 amide bonds. The molecule has 4 nitrogen and oxygen atoms in total. The van der Waals surface area contributed by atoms with Crippen LogP contribution in [0.25, 0.3) is 0 Å². The largest absolute Gasteiger partial charge is 0.496 e. The quantitative estimate of drug-likeness (QED) is 0.865. The van der Waals surface area contributed by atoms with Gasteiger partial charge >= 0.3 is 0 Å². The summed E-state index contributed by atoms with van der Waals surface area (Å²) in [4.78, 5) is 0. The van der Waals surface area contributed by atoms with Crippen LogP contribution in [-0.4, -0.2) is 7.11 Å². The lowest BCUT2D eigenvalue weighted by atomic mass is 10.1. The molecule has 0 aliphatic carbocycles. The van der Waals surface area contributed by atoms with Crippen molar-refractivity contribution in [3.8, 4) is 17.6 Å². The van der Waals surface area contributed by atoms with Gasteiger partial charge in [-0.1, -0.05) is 12.1 Å². The first-order chi connectivity index (χ1) is 9.65. The number of ether oxygens (including phenoxy) is 2. The average molecular weight is 268 g/mol. The van der Waals surface area contributed by atoms with Crippen molar-refractivity contribution in [2.75, 3.05) is 12.8 Å². The van der Waals surface area contributed by atoms with E-state index < -0.39 is 0 Å². The van der Waals surface area contributed by atoms with E-state index in [0.717, 1.165) is 11.1 Å². The molecule has 0 bridgehead atoms. The van der Waals surface area contributed by atoms with Crippen molar-refractivity contribution in [2.24, 2.45) is 0 Å². The third-order valence-corrected chi connectivity index (χ3v) is 3.02. The van der Waals surface area contributed by atoms with Gasteiger partial charge in [0.25, 0.3) is 0 Å². The standard InChI is InChI=1S/C16H16N2O2/c1-11-4-3-5-14(18)16(11)20-10-13-8-12(9-17)6-7-15(13)19-2/h3-8H,10,18H2,1-2H3. The Hall–Kier alpha value is -2.67. The first-order valence-electron chi connectivity index (χ1n) is 6.20. The van der Waals surface area contributed by atoms with Crippen molar-refractivity contribution >= 4 is 5.69 Å². The normalized spacial score (nSPS) is 9.85. The van der Waals surface area contributed by atoms with Crippen LogP contribution in [0.15, 0.2) is 36.4 Å². The molecule has 4 heteroatoms. The number of nitrogen functional groups attached to an aromatic ring is 1. The number of hydrogen-bond acceptors (Lipinski definition) is 4. The molecule has 20 heavy (non-hydrogen) atoms. The molecule has 0 aromatic heterocycles. The molecule has 0 aliphatic rings. The van der Waals surface area contributed by atoms with Gasteiger partial charge < -0.3 is 15.2 Å². The molecule has 0 saturated carbocycles. The van der Waals surface area contributed by atoms with Gasteiger partial charge in [-0.25, -0.2) is 0 Å². The number of benzene rings is 2. The van der Waals surface area contributed by atoms with Gasteiger partial charge in [0.05, 0.1) is 24.4 Å². The smallest absolute Gasteiger partial charge is 0.145 e. The lowest BCUT2D eigenvalue weighted by molar-refractivity contribution is 0.296. The first-order valence-corrected chi connectivity index (χ1v) is 6.20. The fourth-order valence-corrected chi connectivity index (χ4v) is 1.98. The minimum absolute atomic E-state index is 0.299. The third-order valence-electron chi connectivity index (χ3n) is 3.02. The van der Waals surface area contributed by atoms with E-state index >= 15 is 0 Å². The van der Waals surface area contributed by atoms with Gasteiger partial charge in [-0.2, -0.15) is 5.26 Å². The fraction of sp³-hybridized carbons (Fsp3) is 0.188. The minimum Gasteiger partial charge on any atom is -0.496 e. The van der Waals surface area contributed by atoms with E-state index in [1.165, 1.54) is 0 Å². The molecule has 2 N–H and O–H groups in total. The fourth-order valence-electron chi connectivity index (χ4n) is 1.98. The van der Waals surface area contributed by atoms with Crippen molar-refractivity contribution < 1.29 is 9.47 Å². The number of rotatable bonds is 4. The lowest BCUT2D eigenvalue weighted by Gasteiger charge is -2.13. The van der Waals surface area contributed by atoms with E-state index in [2.05, 4.69) is 6.07 Å². The summed E-state index contributed by atoms with van der Waals surface area (Å²) < 4.78 is 11.1. The summed E-state index contributed by atoms with van der Waals surface area (Å²) in [6, 6.07) is 13.0. The second-order valence-corrected chi connectivity index (χ2v) is 4.42. The van der Waals surface area contributed by atoms with E-state index in [9.17, 15) is 0 Å². The van der Waals surface area contributed by atoms with Crippen molar-refractivity contribution in [3.05, 3.63) is 53.1 Å². The molecule has 0 unspecified atom stereocenters. The van der Waals surface area contributed by atoms with Crippen LogP contribution >= 0.6 is 0 Å². The second kappa shape index (κ2) is 5.98. The summed E-state index contributed by atoms with van der Waals surface area (Å²) in [5, 5.41) is 8.95. The molecular formula is C16H16N2O2. The molecule has 2 aromatic carbocycles. The highest BCUT2D eigenvalue weighted by molar-refractivity contribution is 5.56. The van der Waals surface area contributed by atoms with Crippen LogP contribution in [0.5, 0.6) is 11.5 Å². The van der Waals surface area contributed by atoms with E-state index in [4.69, 9.17) is 20.5 Å². The highest BCUT2D eigenvalue weighted by Gasteiger charge is 2.08. The van der Waals surface area contributed by atoms with Gasteiger partial charge in [0.15, 0.2) is 0 Å². The van der Waals surface area contributed by atoms with Crippen molar-refractivity contribution in [1.82, 2.24) is 0 Å². The second-order valence-electron chi connectivity index (χ2n) is 4.42. The number of hydrogen-bond donors (Lipinski definition) is 1. The first kappa shape index (κ1) is 13.8. The van der Waals surface area contributed by atoms with Gasteiger partial charge in [0.2, 0.25) is 0 Å². The number of nitrogens with zero attached hydrogens (tertiary/aromatic N) is 1. The van der Waals surface area contributed by atoms with Crippen molar-refractivity contribution in [1.29, 1.82) is 5.26 Å². The summed E-state index contributed by atoms with van der Waals surface area (Å²) in [5.74, 6) is 1.35. The number of aryl methyl sites for hydroxylation is 1. The molecule has 0 spiro atoms. The van der Waals surface area contributed by atoms with Crippen molar-refractivity contribution in [2.45, 2.75) is 13.5 Å². The maximum absolute atomic E-state index is 8.95. The zero-order valence-corrected chi connectivity index (χ0v) is 11.5. The number of methoxy groups -OCH3 is 1. The molecule has 0 radical (unpaired) electrons.